The van der Waals surface area contributed by atoms with Gasteiger partial charge in [0.25, 0.3) is 0 Å². The Bertz CT molecular complexity index is 239. The number of carbonyl (C=O) groups excluding carboxylic acids is 1. The normalized spacial score (nSPS) is 30.7. The molecule has 0 aliphatic carbocycles. The Morgan fingerprint density at radius 3 is 3.06 bits per heavy atom. The Kier molecular flexibility index (Phi) is 4.18. The molecule has 0 aromatic heterocycles. The zero-order valence-corrected chi connectivity index (χ0v) is 10.1. The van der Waals surface area contributed by atoms with Crippen molar-refractivity contribution in [3.05, 3.63) is 0 Å². The van der Waals surface area contributed by atoms with Crippen LogP contribution in [0.5, 0.6) is 0 Å². The van der Waals surface area contributed by atoms with Gasteiger partial charge in [-0.05, 0) is 25.8 Å². The van der Waals surface area contributed by atoms with Gasteiger partial charge >= 0.3 is 0 Å². The maximum Gasteiger partial charge on any atom is 0.226 e. The topological polar surface area (TPSA) is 41.6 Å². The van der Waals surface area contributed by atoms with E-state index < -0.39 is 0 Å². The average Bonchev–Trinajstić information content (AvgIpc) is 2.78. The molecule has 0 unspecified atom stereocenters. The number of hydrogen-bond donors (Lipinski definition) is 1. The Balaban J connectivity index is 1.81. The van der Waals surface area contributed by atoms with Crippen molar-refractivity contribution in [2.45, 2.75) is 19.3 Å². The number of likely N-dealkylation sites (tertiary alicyclic amines) is 1. The zero-order chi connectivity index (χ0) is 11.4. The summed E-state index contributed by atoms with van der Waals surface area (Å²) in [6.07, 6.45) is 3.28. The first-order valence-corrected chi connectivity index (χ1v) is 6.29. The molecule has 2 atom stereocenters. The third-order valence-electron chi connectivity index (χ3n) is 3.65. The molecule has 2 fully saturated rings. The first-order chi connectivity index (χ1) is 7.81. The smallest absolute Gasteiger partial charge is 0.226 e. The largest absolute Gasteiger partial charge is 0.384 e. The molecule has 0 spiro atoms. The van der Waals surface area contributed by atoms with Gasteiger partial charge in [0.05, 0.1) is 12.5 Å². The summed E-state index contributed by atoms with van der Waals surface area (Å²) < 4.78 is 5.15. The number of piperidine rings is 1. The lowest BCUT2D eigenvalue weighted by Crippen LogP contribution is -2.42. The maximum atomic E-state index is 12.2. The van der Waals surface area contributed by atoms with Crippen molar-refractivity contribution >= 4 is 5.91 Å². The summed E-state index contributed by atoms with van der Waals surface area (Å²) in [4.78, 5) is 14.2. The Morgan fingerprint density at radius 1 is 1.50 bits per heavy atom. The van der Waals surface area contributed by atoms with Gasteiger partial charge in [-0.1, -0.05) is 0 Å². The molecule has 0 aromatic carbocycles. The highest BCUT2D eigenvalue weighted by Crippen LogP contribution is 2.21. The van der Waals surface area contributed by atoms with Gasteiger partial charge in [-0.15, -0.1) is 0 Å². The molecule has 0 radical (unpaired) electrons. The summed E-state index contributed by atoms with van der Waals surface area (Å²) in [6.45, 7) is 4.53. The monoisotopic (exact) mass is 226 g/mol. The van der Waals surface area contributed by atoms with E-state index in [1.807, 2.05) is 4.90 Å². The van der Waals surface area contributed by atoms with Crippen LogP contribution in [0.2, 0.25) is 0 Å². The minimum Gasteiger partial charge on any atom is -0.384 e. The highest BCUT2D eigenvalue weighted by atomic mass is 16.5. The SMILES string of the molecule is COC[C@H]1CCN(C(=O)[C@H]2CCCNC2)C1. The Hall–Kier alpha value is -0.610. The predicted octanol–water partition coefficient (Wildman–Crippen LogP) is 0.481. The van der Waals surface area contributed by atoms with Crippen molar-refractivity contribution in [2.75, 3.05) is 39.9 Å². The van der Waals surface area contributed by atoms with Crippen LogP contribution in [0.15, 0.2) is 0 Å². The molecular formula is C12H22N2O2. The van der Waals surface area contributed by atoms with Crippen molar-refractivity contribution in [3.8, 4) is 0 Å². The van der Waals surface area contributed by atoms with Gasteiger partial charge < -0.3 is 15.0 Å². The van der Waals surface area contributed by atoms with Gasteiger partial charge in [-0.3, -0.25) is 4.79 Å². The second-order valence-electron chi connectivity index (χ2n) is 4.94. The van der Waals surface area contributed by atoms with Crippen LogP contribution in [-0.2, 0) is 9.53 Å². The second-order valence-corrected chi connectivity index (χ2v) is 4.94. The van der Waals surface area contributed by atoms with Crippen LogP contribution in [0.4, 0.5) is 0 Å². The van der Waals surface area contributed by atoms with Gasteiger partial charge in [0.15, 0.2) is 0 Å². The van der Waals surface area contributed by atoms with Crippen LogP contribution in [-0.4, -0.2) is 50.7 Å². The molecule has 2 saturated heterocycles. The number of rotatable bonds is 3. The van der Waals surface area contributed by atoms with E-state index in [0.29, 0.717) is 11.8 Å². The molecule has 92 valence electrons. The summed E-state index contributed by atoms with van der Waals surface area (Å²) >= 11 is 0. The summed E-state index contributed by atoms with van der Waals surface area (Å²) in [5.74, 6) is 1.12. The fourth-order valence-electron chi connectivity index (χ4n) is 2.73. The first-order valence-electron chi connectivity index (χ1n) is 6.29. The molecule has 1 amide bonds. The van der Waals surface area contributed by atoms with Gasteiger partial charge in [-0.2, -0.15) is 0 Å². The lowest BCUT2D eigenvalue weighted by atomic mass is 9.98. The molecule has 2 heterocycles. The van der Waals surface area contributed by atoms with E-state index >= 15 is 0 Å². The van der Waals surface area contributed by atoms with Crippen molar-refractivity contribution in [1.82, 2.24) is 10.2 Å². The van der Waals surface area contributed by atoms with E-state index in [1.54, 1.807) is 7.11 Å². The molecule has 2 aliphatic heterocycles. The summed E-state index contributed by atoms with van der Waals surface area (Å²) in [5, 5.41) is 3.30. The standard InChI is InChI=1S/C12H22N2O2/c1-16-9-10-4-6-14(8-10)12(15)11-3-2-5-13-7-11/h10-11,13H,2-9H2,1H3/t10-,11-/m0/s1. The summed E-state index contributed by atoms with van der Waals surface area (Å²) in [7, 11) is 1.73. The third kappa shape index (κ3) is 2.74. The fourth-order valence-corrected chi connectivity index (χ4v) is 2.73. The summed E-state index contributed by atoms with van der Waals surface area (Å²) in [6, 6.07) is 0. The minimum atomic E-state index is 0.218. The molecule has 0 saturated carbocycles. The predicted molar refractivity (Wildman–Crippen MR) is 62.2 cm³/mol. The van der Waals surface area contributed by atoms with Crippen LogP contribution in [0.25, 0.3) is 0 Å². The quantitative estimate of drug-likeness (QED) is 0.761. The Labute approximate surface area is 97.3 Å². The van der Waals surface area contributed by atoms with Gasteiger partial charge in [0.1, 0.15) is 0 Å². The molecule has 0 aromatic rings. The number of amides is 1. The number of ether oxygens (including phenoxy) is 1. The highest BCUT2D eigenvalue weighted by molar-refractivity contribution is 5.79. The molecule has 4 nitrogen and oxygen atoms in total. The maximum absolute atomic E-state index is 12.2. The highest BCUT2D eigenvalue weighted by Gasteiger charge is 2.31. The zero-order valence-electron chi connectivity index (χ0n) is 10.1. The van der Waals surface area contributed by atoms with E-state index in [2.05, 4.69) is 5.32 Å². The van der Waals surface area contributed by atoms with Crippen LogP contribution in [0, 0.1) is 11.8 Å². The second kappa shape index (κ2) is 5.64. The van der Waals surface area contributed by atoms with E-state index in [-0.39, 0.29) is 5.92 Å². The summed E-state index contributed by atoms with van der Waals surface area (Å²) in [5.41, 5.74) is 0. The average molecular weight is 226 g/mol. The van der Waals surface area contributed by atoms with Crippen molar-refractivity contribution in [1.29, 1.82) is 0 Å². The van der Waals surface area contributed by atoms with Crippen molar-refractivity contribution < 1.29 is 9.53 Å². The third-order valence-corrected chi connectivity index (χ3v) is 3.65. The lowest BCUT2D eigenvalue weighted by Gasteiger charge is -2.26. The number of nitrogens with zero attached hydrogens (tertiary/aromatic N) is 1. The van der Waals surface area contributed by atoms with E-state index in [4.69, 9.17) is 4.74 Å². The molecular weight excluding hydrogens is 204 g/mol. The van der Waals surface area contributed by atoms with Crippen LogP contribution in [0.1, 0.15) is 19.3 Å². The number of hydrogen-bond acceptors (Lipinski definition) is 3. The molecule has 4 heteroatoms. The molecule has 1 N–H and O–H groups in total. The lowest BCUT2D eigenvalue weighted by molar-refractivity contribution is -0.135. The van der Waals surface area contributed by atoms with Crippen LogP contribution >= 0.6 is 0 Å². The van der Waals surface area contributed by atoms with E-state index in [1.165, 1.54) is 0 Å². The van der Waals surface area contributed by atoms with Gasteiger partial charge in [0, 0.05) is 32.7 Å². The molecule has 2 rings (SSSR count). The number of carbonyl (C=O) groups is 1. The number of nitrogens with one attached hydrogen (secondary N) is 1. The molecule has 16 heavy (non-hydrogen) atoms. The van der Waals surface area contributed by atoms with Crippen molar-refractivity contribution in [3.63, 3.8) is 0 Å². The fraction of sp³-hybridized carbons (Fsp3) is 0.917. The van der Waals surface area contributed by atoms with Gasteiger partial charge in [0.2, 0.25) is 5.91 Å². The Morgan fingerprint density at radius 2 is 2.38 bits per heavy atom. The van der Waals surface area contributed by atoms with Crippen LogP contribution < -0.4 is 5.32 Å². The number of methoxy groups -OCH3 is 1. The first kappa shape index (κ1) is 11.9. The molecule has 0 bridgehead atoms. The van der Waals surface area contributed by atoms with Crippen molar-refractivity contribution in [2.24, 2.45) is 11.8 Å². The molecule has 2 aliphatic rings. The van der Waals surface area contributed by atoms with E-state index in [9.17, 15) is 4.79 Å². The van der Waals surface area contributed by atoms with Crippen LogP contribution in [0.3, 0.4) is 0 Å². The minimum absolute atomic E-state index is 0.218. The van der Waals surface area contributed by atoms with Gasteiger partial charge in [-0.25, -0.2) is 0 Å². The van der Waals surface area contributed by atoms with E-state index in [0.717, 1.165) is 52.0 Å².